The maximum Gasteiger partial charge on any atom is 0.236 e. The Labute approximate surface area is 148 Å². The molecule has 0 aromatic heterocycles. The van der Waals surface area contributed by atoms with E-state index in [2.05, 4.69) is 15.9 Å². The van der Waals surface area contributed by atoms with Crippen molar-refractivity contribution >= 4 is 23.2 Å². The normalized spacial score (nSPS) is 19.2. The van der Waals surface area contributed by atoms with Crippen LogP contribution in [0.3, 0.4) is 0 Å². The maximum atomic E-state index is 12.3. The Kier molecular flexibility index (Phi) is 5.60. The number of benzene rings is 1. The molecule has 2 aliphatic rings. The molecule has 3 rings (SSSR count). The van der Waals surface area contributed by atoms with E-state index in [1.807, 2.05) is 17.0 Å². The zero-order chi connectivity index (χ0) is 16.9. The van der Waals surface area contributed by atoms with Crippen LogP contribution in [0.2, 0.25) is 5.02 Å². The van der Waals surface area contributed by atoms with Crippen LogP contribution in [0.4, 0.5) is 5.69 Å². The first-order valence-corrected chi connectivity index (χ1v) is 9.00. The number of carbonyl (C=O) groups excluding carboxylic acids is 1. The third-order valence-electron chi connectivity index (χ3n) is 4.83. The van der Waals surface area contributed by atoms with Gasteiger partial charge >= 0.3 is 0 Å². The molecule has 2 fully saturated rings. The Balaban J connectivity index is 1.61. The van der Waals surface area contributed by atoms with Crippen molar-refractivity contribution in [1.82, 2.24) is 9.80 Å². The zero-order valence-corrected chi connectivity index (χ0v) is 14.6. The maximum absolute atomic E-state index is 12.3. The average molecular weight is 347 g/mol. The number of hydrogen-bond donors (Lipinski definition) is 0. The summed E-state index contributed by atoms with van der Waals surface area (Å²) in [4.78, 5) is 18.8. The van der Waals surface area contributed by atoms with Gasteiger partial charge in [-0.1, -0.05) is 11.6 Å². The molecule has 0 spiro atoms. The van der Waals surface area contributed by atoms with E-state index in [1.54, 1.807) is 6.07 Å². The van der Waals surface area contributed by atoms with E-state index < -0.39 is 0 Å². The van der Waals surface area contributed by atoms with Crippen LogP contribution in [0.5, 0.6) is 0 Å². The van der Waals surface area contributed by atoms with E-state index in [9.17, 15) is 10.1 Å². The molecule has 24 heavy (non-hydrogen) atoms. The summed E-state index contributed by atoms with van der Waals surface area (Å²) in [5.41, 5.74) is 1.55. The van der Waals surface area contributed by atoms with Gasteiger partial charge in [0.2, 0.25) is 5.91 Å². The first kappa shape index (κ1) is 17.1. The highest BCUT2D eigenvalue weighted by atomic mass is 35.5. The number of nitrogens with zero attached hydrogens (tertiary/aromatic N) is 4. The molecule has 2 saturated heterocycles. The van der Waals surface area contributed by atoms with Crippen LogP contribution in [0.25, 0.3) is 0 Å². The highest BCUT2D eigenvalue weighted by molar-refractivity contribution is 6.30. The second-order valence-electron chi connectivity index (χ2n) is 6.48. The molecule has 0 atom stereocenters. The average Bonchev–Trinajstić information content (AvgIpc) is 3.03. The topological polar surface area (TPSA) is 50.6 Å². The summed E-state index contributed by atoms with van der Waals surface area (Å²) in [5, 5.41) is 9.93. The van der Waals surface area contributed by atoms with E-state index in [1.165, 1.54) is 0 Å². The molecule has 0 N–H and O–H groups in total. The molecule has 1 aromatic rings. The van der Waals surface area contributed by atoms with Gasteiger partial charge in [-0.3, -0.25) is 9.69 Å². The van der Waals surface area contributed by atoms with Gasteiger partial charge in [-0.15, -0.1) is 0 Å². The molecule has 5 nitrogen and oxygen atoms in total. The fourth-order valence-corrected chi connectivity index (χ4v) is 3.67. The van der Waals surface area contributed by atoms with Crippen LogP contribution in [0, 0.1) is 11.3 Å². The third-order valence-corrected chi connectivity index (χ3v) is 5.06. The van der Waals surface area contributed by atoms with Crippen molar-refractivity contribution < 1.29 is 4.79 Å². The molecule has 0 radical (unpaired) electrons. The summed E-state index contributed by atoms with van der Waals surface area (Å²) in [6.45, 7) is 5.82. The lowest BCUT2D eigenvalue weighted by Crippen LogP contribution is -2.40. The van der Waals surface area contributed by atoms with Gasteiger partial charge in [0.05, 0.1) is 17.8 Å². The van der Waals surface area contributed by atoms with Gasteiger partial charge < -0.3 is 9.80 Å². The summed E-state index contributed by atoms with van der Waals surface area (Å²) < 4.78 is 0. The minimum Gasteiger partial charge on any atom is -0.369 e. The van der Waals surface area contributed by atoms with Crippen LogP contribution < -0.4 is 4.90 Å². The summed E-state index contributed by atoms with van der Waals surface area (Å²) in [6, 6.07) is 7.71. The summed E-state index contributed by atoms with van der Waals surface area (Å²) in [6.07, 6.45) is 3.25. The molecule has 1 amide bonds. The van der Waals surface area contributed by atoms with Crippen molar-refractivity contribution in [3.63, 3.8) is 0 Å². The van der Waals surface area contributed by atoms with Crippen molar-refractivity contribution in [1.29, 1.82) is 5.26 Å². The predicted octanol–water partition coefficient (Wildman–Crippen LogP) is 2.35. The molecule has 0 saturated carbocycles. The summed E-state index contributed by atoms with van der Waals surface area (Å²) in [7, 11) is 0. The summed E-state index contributed by atoms with van der Waals surface area (Å²) in [5.74, 6) is 0.255. The van der Waals surface area contributed by atoms with E-state index in [4.69, 9.17) is 11.6 Å². The lowest BCUT2D eigenvalue weighted by Gasteiger charge is -2.25. The Hall–Kier alpha value is -1.77. The lowest BCUT2D eigenvalue weighted by molar-refractivity contribution is -0.131. The van der Waals surface area contributed by atoms with Crippen LogP contribution in [0.1, 0.15) is 24.8 Å². The molecule has 0 bridgehead atoms. The molecule has 2 aliphatic heterocycles. The van der Waals surface area contributed by atoms with E-state index in [-0.39, 0.29) is 5.91 Å². The number of likely N-dealkylation sites (tertiary alicyclic amines) is 1. The highest BCUT2D eigenvalue weighted by Gasteiger charge is 2.23. The first-order valence-electron chi connectivity index (χ1n) is 8.62. The Morgan fingerprint density at radius 3 is 2.62 bits per heavy atom. The largest absolute Gasteiger partial charge is 0.369 e. The number of rotatable bonds is 3. The van der Waals surface area contributed by atoms with E-state index >= 15 is 0 Å². The second kappa shape index (κ2) is 7.87. The van der Waals surface area contributed by atoms with Crippen molar-refractivity contribution in [2.75, 3.05) is 50.7 Å². The lowest BCUT2D eigenvalue weighted by atomic mass is 10.1. The van der Waals surface area contributed by atoms with Gasteiger partial charge in [0.25, 0.3) is 0 Å². The highest BCUT2D eigenvalue weighted by Crippen LogP contribution is 2.25. The minimum atomic E-state index is 0.255. The fourth-order valence-electron chi connectivity index (χ4n) is 3.50. The fraction of sp³-hybridized carbons (Fsp3) is 0.556. The van der Waals surface area contributed by atoms with Crippen molar-refractivity contribution in [3.8, 4) is 6.07 Å². The number of halogens is 1. The van der Waals surface area contributed by atoms with Crippen LogP contribution in [-0.2, 0) is 4.79 Å². The SMILES string of the molecule is N#Cc1cc(Cl)ccc1N1CCCN(CC(=O)N2CCCC2)CC1. The molecule has 6 heteroatoms. The molecule has 0 unspecified atom stereocenters. The Bertz CT molecular complexity index is 636. The predicted molar refractivity (Wildman–Crippen MR) is 95.3 cm³/mol. The van der Waals surface area contributed by atoms with Gasteiger partial charge in [0, 0.05) is 44.3 Å². The standard InChI is InChI=1S/C18H23ClN4O/c19-16-4-5-17(15(12-16)13-20)22-9-3-6-21(10-11-22)14-18(24)23-7-1-2-8-23/h4-5,12H,1-3,6-11,14H2. The Morgan fingerprint density at radius 2 is 1.88 bits per heavy atom. The molecular weight excluding hydrogens is 324 g/mol. The molecular formula is C18H23ClN4O. The van der Waals surface area contributed by atoms with E-state index in [0.29, 0.717) is 17.1 Å². The quantitative estimate of drug-likeness (QED) is 0.843. The monoisotopic (exact) mass is 346 g/mol. The van der Waals surface area contributed by atoms with Gasteiger partial charge in [-0.2, -0.15) is 5.26 Å². The number of amides is 1. The van der Waals surface area contributed by atoms with Crippen LogP contribution >= 0.6 is 11.6 Å². The molecule has 2 heterocycles. The van der Waals surface area contributed by atoms with Gasteiger partial charge in [0.15, 0.2) is 0 Å². The number of nitriles is 1. The smallest absolute Gasteiger partial charge is 0.236 e. The first-order chi connectivity index (χ1) is 11.7. The zero-order valence-electron chi connectivity index (χ0n) is 13.9. The second-order valence-corrected chi connectivity index (χ2v) is 6.91. The van der Waals surface area contributed by atoms with Crippen molar-refractivity contribution in [2.24, 2.45) is 0 Å². The van der Waals surface area contributed by atoms with E-state index in [0.717, 1.165) is 64.2 Å². The van der Waals surface area contributed by atoms with Gasteiger partial charge in [0.1, 0.15) is 6.07 Å². The van der Waals surface area contributed by atoms with Crippen LogP contribution in [0.15, 0.2) is 18.2 Å². The Morgan fingerprint density at radius 1 is 1.08 bits per heavy atom. The number of anilines is 1. The number of hydrogen-bond acceptors (Lipinski definition) is 4. The van der Waals surface area contributed by atoms with Gasteiger partial charge in [-0.25, -0.2) is 0 Å². The van der Waals surface area contributed by atoms with Crippen molar-refractivity contribution in [2.45, 2.75) is 19.3 Å². The van der Waals surface area contributed by atoms with Crippen LogP contribution in [-0.4, -0.2) is 61.5 Å². The van der Waals surface area contributed by atoms with Gasteiger partial charge in [-0.05, 0) is 37.5 Å². The molecule has 0 aliphatic carbocycles. The number of carbonyl (C=O) groups is 1. The molecule has 128 valence electrons. The van der Waals surface area contributed by atoms with Crippen molar-refractivity contribution in [3.05, 3.63) is 28.8 Å². The molecule has 1 aromatic carbocycles. The third kappa shape index (κ3) is 4.00. The summed E-state index contributed by atoms with van der Waals surface area (Å²) >= 11 is 5.99. The minimum absolute atomic E-state index is 0.255.